The van der Waals surface area contributed by atoms with Crippen LogP contribution in [0, 0.1) is 20.8 Å². The molecule has 2 aromatic rings. The Kier molecular flexibility index (Phi) is 2.91. The highest BCUT2D eigenvalue weighted by molar-refractivity contribution is 5.78. The van der Waals surface area contributed by atoms with Crippen LogP contribution in [0.2, 0.25) is 0 Å². The molecule has 0 spiro atoms. The highest BCUT2D eigenvalue weighted by Gasteiger charge is 2.14. The van der Waals surface area contributed by atoms with Gasteiger partial charge in [-0.2, -0.15) is 0 Å². The molecule has 94 valence electrons. The lowest BCUT2D eigenvalue weighted by molar-refractivity contribution is 0.450. The van der Waals surface area contributed by atoms with Crippen molar-refractivity contribution < 1.29 is 15.3 Å². The van der Waals surface area contributed by atoms with Crippen molar-refractivity contribution in [1.82, 2.24) is 0 Å². The molecule has 0 aliphatic heterocycles. The summed E-state index contributed by atoms with van der Waals surface area (Å²) in [6, 6.07) is 6.23. The fourth-order valence-electron chi connectivity index (χ4n) is 2.17. The third-order valence-electron chi connectivity index (χ3n) is 3.20. The summed E-state index contributed by atoms with van der Waals surface area (Å²) in [6.07, 6.45) is 0. The minimum atomic E-state index is -0.0250. The number of phenols is 3. The van der Waals surface area contributed by atoms with Crippen molar-refractivity contribution in [2.75, 3.05) is 0 Å². The van der Waals surface area contributed by atoms with E-state index in [4.69, 9.17) is 0 Å². The fraction of sp³-hybridized carbons (Fsp3) is 0.200. The second-order valence-corrected chi connectivity index (χ2v) is 4.60. The third kappa shape index (κ3) is 1.99. The average Bonchev–Trinajstić information content (AvgIpc) is 2.25. The van der Waals surface area contributed by atoms with E-state index in [-0.39, 0.29) is 17.2 Å². The quantitative estimate of drug-likeness (QED) is 0.720. The van der Waals surface area contributed by atoms with Crippen molar-refractivity contribution >= 4 is 0 Å². The molecule has 0 saturated heterocycles. The van der Waals surface area contributed by atoms with Gasteiger partial charge in [0.1, 0.15) is 17.2 Å². The molecule has 0 atom stereocenters. The first-order chi connectivity index (χ1) is 8.40. The van der Waals surface area contributed by atoms with Crippen LogP contribution in [0.5, 0.6) is 17.2 Å². The van der Waals surface area contributed by atoms with Crippen LogP contribution < -0.4 is 0 Å². The topological polar surface area (TPSA) is 60.7 Å². The van der Waals surface area contributed by atoms with Gasteiger partial charge in [-0.25, -0.2) is 0 Å². The van der Waals surface area contributed by atoms with Gasteiger partial charge in [0, 0.05) is 11.6 Å². The van der Waals surface area contributed by atoms with Crippen LogP contribution in [-0.2, 0) is 0 Å². The van der Waals surface area contributed by atoms with Crippen LogP contribution in [0.4, 0.5) is 0 Å². The number of benzene rings is 2. The Bertz CT molecular complexity index is 569. The van der Waals surface area contributed by atoms with Gasteiger partial charge in [0.05, 0.1) is 0 Å². The van der Waals surface area contributed by atoms with E-state index in [0.717, 1.165) is 16.7 Å². The van der Waals surface area contributed by atoms with Gasteiger partial charge < -0.3 is 15.3 Å². The van der Waals surface area contributed by atoms with Crippen molar-refractivity contribution in [2.45, 2.75) is 20.8 Å². The predicted octanol–water partition coefficient (Wildman–Crippen LogP) is 3.40. The summed E-state index contributed by atoms with van der Waals surface area (Å²) < 4.78 is 0. The first-order valence-corrected chi connectivity index (χ1v) is 5.73. The molecule has 0 aromatic heterocycles. The second kappa shape index (κ2) is 4.26. The van der Waals surface area contributed by atoms with Gasteiger partial charge >= 0.3 is 0 Å². The minimum Gasteiger partial charge on any atom is -0.508 e. The fourth-order valence-corrected chi connectivity index (χ4v) is 2.17. The Labute approximate surface area is 106 Å². The summed E-state index contributed by atoms with van der Waals surface area (Å²) in [5, 5.41) is 29.2. The van der Waals surface area contributed by atoms with Gasteiger partial charge in [0.2, 0.25) is 0 Å². The first-order valence-electron chi connectivity index (χ1n) is 5.73. The van der Waals surface area contributed by atoms with E-state index in [1.807, 2.05) is 26.8 Å². The summed E-state index contributed by atoms with van der Waals surface area (Å²) >= 11 is 0. The number of aromatic hydroxyl groups is 3. The van der Waals surface area contributed by atoms with E-state index in [2.05, 4.69) is 0 Å². The molecule has 0 saturated carbocycles. The number of rotatable bonds is 1. The summed E-state index contributed by atoms with van der Waals surface area (Å²) in [4.78, 5) is 0. The number of phenolic OH excluding ortho intramolecular Hbond substituents is 3. The molecule has 3 nitrogen and oxygen atoms in total. The van der Waals surface area contributed by atoms with Crippen LogP contribution >= 0.6 is 0 Å². The van der Waals surface area contributed by atoms with Gasteiger partial charge in [-0.05, 0) is 55.2 Å². The molecule has 2 aromatic carbocycles. The largest absolute Gasteiger partial charge is 0.508 e. The first kappa shape index (κ1) is 12.3. The number of hydrogen-bond acceptors (Lipinski definition) is 3. The van der Waals surface area contributed by atoms with E-state index in [1.54, 1.807) is 0 Å². The van der Waals surface area contributed by atoms with E-state index in [1.165, 1.54) is 18.2 Å². The summed E-state index contributed by atoms with van der Waals surface area (Å²) in [7, 11) is 0. The van der Waals surface area contributed by atoms with Crippen molar-refractivity contribution in [1.29, 1.82) is 0 Å². The Morgan fingerprint density at radius 1 is 0.722 bits per heavy atom. The molecule has 0 amide bonds. The Balaban J connectivity index is 2.78. The third-order valence-corrected chi connectivity index (χ3v) is 3.20. The zero-order valence-corrected chi connectivity index (χ0v) is 10.7. The van der Waals surface area contributed by atoms with Crippen molar-refractivity contribution in [3.63, 3.8) is 0 Å². The molecular weight excluding hydrogens is 228 g/mol. The molecule has 0 bridgehead atoms. The van der Waals surface area contributed by atoms with Crippen LogP contribution in [0.25, 0.3) is 11.1 Å². The van der Waals surface area contributed by atoms with E-state index in [0.29, 0.717) is 11.1 Å². The predicted molar refractivity (Wildman–Crippen MR) is 71.1 cm³/mol. The standard InChI is InChI=1S/C15H16O3/c1-8-4-9(2)15(18)14(10(8)3)11-5-12(16)7-13(17)6-11/h4-7,16-18H,1-3H3. The molecule has 0 unspecified atom stereocenters. The SMILES string of the molecule is Cc1cc(C)c(O)c(-c2cc(O)cc(O)c2)c1C. The van der Waals surface area contributed by atoms with Crippen molar-refractivity contribution in [2.24, 2.45) is 0 Å². The summed E-state index contributed by atoms with van der Waals surface area (Å²) in [5.41, 5.74) is 4.02. The van der Waals surface area contributed by atoms with Crippen molar-refractivity contribution in [3.8, 4) is 28.4 Å². The molecule has 0 fully saturated rings. The minimum absolute atomic E-state index is 0.0250. The Morgan fingerprint density at radius 2 is 1.28 bits per heavy atom. The molecule has 0 aliphatic rings. The Hall–Kier alpha value is -2.16. The van der Waals surface area contributed by atoms with Gasteiger partial charge in [-0.3, -0.25) is 0 Å². The molecule has 2 rings (SSSR count). The number of hydrogen-bond donors (Lipinski definition) is 3. The van der Waals surface area contributed by atoms with Crippen LogP contribution in [0.3, 0.4) is 0 Å². The highest BCUT2D eigenvalue weighted by Crippen LogP contribution is 2.39. The van der Waals surface area contributed by atoms with Crippen molar-refractivity contribution in [3.05, 3.63) is 41.0 Å². The van der Waals surface area contributed by atoms with E-state index >= 15 is 0 Å². The van der Waals surface area contributed by atoms with Crippen LogP contribution in [-0.4, -0.2) is 15.3 Å². The van der Waals surface area contributed by atoms with Crippen LogP contribution in [0.15, 0.2) is 24.3 Å². The highest BCUT2D eigenvalue weighted by atomic mass is 16.3. The smallest absolute Gasteiger partial charge is 0.126 e. The maximum atomic E-state index is 10.2. The molecule has 0 aliphatic carbocycles. The van der Waals surface area contributed by atoms with E-state index < -0.39 is 0 Å². The lowest BCUT2D eigenvalue weighted by Gasteiger charge is -2.14. The molecule has 18 heavy (non-hydrogen) atoms. The molecule has 0 radical (unpaired) electrons. The van der Waals surface area contributed by atoms with Gasteiger partial charge in [0.15, 0.2) is 0 Å². The lowest BCUT2D eigenvalue weighted by atomic mass is 9.93. The number of aryl methyl sites for hydroxylation is 2. The molecule has 0 heterocycles. The summed E-state index contributed by atoms with van der Waals surface area (Å²) in [5.74, 6) is 0.133. The Morgan fingerprint density at radius 3 is 1.83 bits per heavy atom. The zero-order chi connectivity index (χ0) is 13.4. The second-order valence-electron chi connectivity index (χ2n) is 4.60. The normalized spacial score (nSPS) is 10.6. The zero-order valence-electron chi connectivity index (χ0n) is 10.7. The maximum Gasteiger partial charge on any atom is 0.126 e. The van der Waals surface area contributed by atoms with E-state index in [9.17, 15) is 15.3 Å². The monoisotopic (exact) mass is 244 g/mol. The van der Waals surface area contributed by atoms with Gasteiger partial charge in [-0.15, -0.1) is 0 Å². The van der Waals surface area contributed by atoms with Crippen LogP contribution in [0.1, 0.15) is 16.7 Å². The lowest BCUT2D eigenvalue weighted by Crippen LogP contribution is -1.91. The molecular formula is C15H16O3. The molecule has 3 heteroatoms. The average molecular weight is 244 g/mol. The van der Waals surface area contributed by atoms with Gasteiger partial charge in [-0.1, -0.05) is 6.07 Å². The summed E-state index contributed by atoms with van der Waals surface area (Å²) in [6.45, 7) is 5.70. The van der Waals surface area contributed by atoms with Gasteiger partial charge in [0.25, 0.3) is 0 Å². The molecule has 3 N–H and O–H groups in total. The maximum absolute atomic E-state index is 10.2.